The molecule has 3 aromatic carbocycles. The number of fused-ring (bicyclic) bond motifs is 1. The zero-order valence-corrected chi connectivity index (χ0v) is 18.3. The standard InChI is InChI=1S/C26H24N2O5/c1-28(22-15-25(30)33-24-6-4-3-5-19(22)24)17-9-12-23(32-2)20(14-17)26(31)21(27)13-16-7-10-18(29)11-8-16/h3-12,14-15,21,29H,13,27H2,1-2H3. The van der Waals surface area contributed by atoms with Crippen molar-refractivity contribution in [2.24, 2.45) is 5.73 Å². The molecule has 4 rings (SSSR count). The number of carbonyl (C=O) groups is 1. The lowest BCUT2D eigenvalue weighted by atomic mass is 9.97. The van der Waals surface area contributed by atoms with Gasteiger partial charge in [0.05, 0.1) is 24.4 Å². The van der Waals surface area contributed by atoms with Gasteiger partial charge in [0.25, 0.3) is 0 Å². The van der Waals surface area contributed by atoms with Crippen LogP contribution in [-0.2, 0) is 6.42 Å². The fraction of sp³-hybridized carbons (Fsp3) is 0.154. The van der Waals surface area contributed by atoms with Crippen LogP contribution in [0.25, 0.3) is 11.0 Å². The summed E-state index contributed by atoms with van der Waals surface area (Å²) in [6.07, 6.45) is 0.312. The molecule has 3 N–H and O–H groups in total. The van der Waals surface area contributed by atoms with Gasteiger partial charge in [-0.2, -0.15) is 0 Å². The molecule has 0 aliphatic carbocycles. The van der Waals surface area contributed by atoms with E-state index in [0.717, 1.165) is 10.9 Å². The van der Waals surface area contributed by atoms with Gasteiger partial charge < -0.3 is 24.9 Å². The van der Waals surface area contributed by atoms with E-state index in [1.54, 1.807) is 48.5 Å². The Balaban J connectivity index is 1.69. The van der Waals surface area contributed by atoms with Crippen LogP contribution in [0, 0.1) is 0 Å². The number of hydrogen-bond acceptors (Lipinski definition) is 7. The maximum absolute atomic E-state index is 13.2. The lowest BCUT2D eigenvalue weighted by molar-refractivity contribution is 0.0958. The van der Waals surface area contributed by atoms with Crippen molar-refractivity contribution in [1.82, 2.24) is 0 Å². The molecule has 0 fully saturated rings. The number of ether oxygens (including phenoxy) is 1. The zero-order chi connectivity index (χ0) is 23.5. The molecule has 1 heterocycles. The number of rotatable bonds is 7. The second-order valence-corrected chi connectivity index (χ2v) is 7.73. The van der Waals surface area contributed by atoms with Crippen LogP contribution in [0.4, 0.5) is 11.4 Å². The summed E-state index contributed by atoms with van der Waals surface area (Å²) in [5.41, 5.74) is 8.78. The Kier molecular flexibility index (Phi) is 6.15. The Morgan fingerprint density at radius 3 is 2.55 bits per heavy atom. The molecule has 4 aromatic rings. The quantitative estimate of drug-likeness (QED) is 0.327. The van der Waals surface area contributed by atoms with Crippen LogP contribution >= 0.6 is 0 Å². The first-order valence-electron chi connectivity index (χ1n) is 10.4. The number of ketones is 1. The van der Waals surface area contributed by atoms with Gasteiger partial charge in [0.2, 0.25) is 0 Å². The molecule has 1 aromatic heterocycles. The lowest BCUT2D eigenvalue weighted by Gasteiger charge is -2.22. The molecule has 0 saturated carbocycles. The monoisotopic (exact) mass is 444 g/mol. The van der Waals surface area contributed by atoms with Crippen molar-refractivity contribution in [3.05, 3.63) is 94.3 Å². The van der Waals surface area contributed by atoms with Crippen LogP contribution in [-0.4, -0.2) is 31.1 Å². The first-order valence-corrected chi connectivity index (χ1v) is 10.4. The van der Waals surface area contributed by atoms with Gasteiger partial charge in [0.1, 0.15) is 17.1 Å². The molecule has 0 aliphatic heterocycles. The van der Waals surface area contributed by atoms with Crippen LogP contribution in [0.5, 0.6) is 11.5 Å². The highest BCUT2D eigenvalue weighted by Gasteiger charge is 2.22. The van der Waals surface area contributed by atoms with Gasteiger partial charge in [-0.1, -0.05) is 24.3 Å². The smallest absolute Gasteiger partial charge is 0.338 e. The Hall–Kier alpha value is -4.10. The Morgan fingerprint density at radius 1 is 1.09 bits per heavy atom. The Bertz CT molecular complexity index is 1360. The Morgan fingerprint density at radius 2 is 1.82 bits per heavy atom. The lowest BCUT2D eigenvalue weighted by Crippen LogP contribution is -2.33. The molecule has 7 nitrogen and oxygen atoms in total. The van der Waals surface area contributed by atoms with Crippen LogP contribution in [0.1, 0.15) is 15.9 Å². The summed E-state index contributed by atoms with van der Waals surface area (Å²) in [7, 11) is 3.31. The van der Waals surface area contributed by atoms with Crippen molar-refractivity contribution in [3.63, 3.8) is 0 Å². The van der Waals surface area contributed by atoms with E-state index in [9.17, 15) is 14.7 Å². The predicted octanol–water partition coefficient (Wildman–Crippen LogP) is 4.03. The maximum Gasteiger partial charge on any atom is 0.338 e. The summed E-state index contributed by atoms with van der Waals surface area (Å²) in [6.45, 7) is 0. The molecule has 0 aliphatic rings. The van der Waals surface area contributed by atoms with E-state index < -0.39 is 11.7 Å². The summed E-state index contributed by atoms with van der Waals surface area (Å²) in [4.78, 5) is 27.2. The number of methoxy groups -OCH3 is 1. The molecule has 0 radical (unpaired) electrons. The van der Waals surface area contributed by atoms with Crippen LogP contribution < -0.4 is 21.0 Å². The molecule has 168 valence electrons. The van der Waals surface area contributed by atoms with Gasteiger partial charge >= 0.3 is 5.63 Å². The molecule has 0 bridgehead atoms. The van der Waals surface area contributed by atoms with Gasteiger partial charge in [-0.15, -0.1) is 0 Å². The average molecular weight is 444 g/mol. The number of hydrogen-bond donors (Lipinski definition) is 2. The SMILES string of the molecule is COc1ccc(N(C)c2cc(=O)oc3ccccc23)cc1C(=O)C(N)Cc1ccc(O)cc1. The largest absolute Gasteiger partial charge is 0.508 e. The topological polar surface area (TPSA) is 106 Å². The second-order valence-electron chi connectivity index (χ2n) is 7.73. The first-order chi connectivity index (χ1) is 15.9. The first kappa shape index (κ1) is 22.1. The number of nitrogens with two attached hydrogens (primary N) is 1. The Labute approximate surface area is 190 Å². The van der Waals surface area contributed by atoms with Gasteiger partial charge in [0, 0.05) is 24.2 Å². The number of para-hydroxylation sites is 1. The van der Waals surface area contributed by atoms with Crippen LogP contribution in [0.2, 0.25) is 0 Å². The summed E-state index contributed by atoms with van der Waals surface area (Å²) < 4.78 is 10.7. The van der Waals surface area contributed by atoms with Crippen molar-refractivity contribution in [2.45, 2.75) is 12.5 Å². The molecule has 0 saturated heterocycles. The van der Waals surface area contributed by atoms with Gasteiger partial charge in [-0.3, -0.25) is 4.79 Å². The molecular formula is C26H24N2O5. The van der Waals surface area contributed by atoms with E-state index in [-0.39, 0.29) is 11.5 Å². The molecule has 0 amide bonds. The van der Waals surface area contributed by atoms with Gasteiger partial charge in [-0.05, 0) is 54.4 Å². The van der Waals surface area contributed by atoms with Crippen LogP contribution in [0.3, 0.4) is 0 Å². The van der Waals surface area contributed by atoms with Crippen molar-refractivity contribution >= 4 is 28.1 Å². The molecule has 33 heavy (non-hydrogen) atoms. The third-order valence-corrected chi connectivity index (χ3v) is 5.55. The van der Waals surface area contributed by atoms with E-state index >= 15 is 0 Å². The molecular weight excluding hydrogens is 420 g/mol. The molecule has 0 spiro atoms. The molecule has 1 unspecified atom stereocenters. The number of anilines is 2. The predicted molar refractivity (Wildman–Crippen MR) is 128 cm³/mol. The van der Waals surface area contributed by atoms with Crippen molar-refractivity contribution in [2.75, 3.05) is 19.1 Å². The highest BCUT2D eigenvalue weighted by molar-refractivity contribution is 6.03. The number of carbonyl (C=O) groups excluding carboxylic acids is 1. The normalized spacial score (nSPS) is 11.8. The van der Waals surface area contributed by atoms with Crippen molar-refractivity contribution < 1.29 is 19.1 Å². The van der Waals surface area contributed by atoms with E-state index in [0.29, 0.717) is 34.7 Å². The minimum Gasteiger partial charge on any atom is -0.508 e. The second kappa shape index (κ2) is 9.18. The summed E-state index contributed by atoms with van der Waals surface area (Å²) >= 11 is 0. The third kappa shape index (κ3) is 4.58. The van der Waals surface area contributed by atoms with Crippen molar-refractivity contribution in [1.29, 1.82) is 0 Å². The van der Waals surface area contributed by atoms with E-state index in [1.165, 1.54) is 13.2 Å². The fourth-order valence-electron chi connectivity index (χ4n) is 3.79. The zero-order valence-electron chi connectivity index (χ0n) is 18.3. The van der Waals surface area contributed by atoms with E-state index in [2.05, 4.69) is 0 Å². The number of phenolic OH excluding ortho intramolecular Hbond substituents is 1. The number of nitrogens with zero attached hydrogens (tertiary/aromatic N) is 1. The summed E-state index contributed by atoms with van der Waals surface area (Å²) in [6, 6.07) is 19.7. The van der Waals surface area contributed by atoms with E-state index in [1.807, 2.05) is 30.1 Å². The highest BCUT2D eigenvalue weighted by Crippen LogP contribution is 2.33. The number of aromatic hydroxyl groups is 1. The average Bonchev–Trinajstić information content (AvgIpc) is 2.83. The summed E-state index contributed by atoms with van der Waals surface area (Å²) in [5, 5.41) is 10.2. The van der Waals surface area contributed by atoms with E-state index in [4.69, 9.17) is 14.9 Å². The molecule has 1 atom stereocenters. The maximum atomic E-state index is 13.2. The minimum absolute atomic E-state index is 0.151. The number of benzene rings is 3. The van der Waals surface area contributed by atoms with Gasteiger partial charge in [-0.25, -0.2) is 4.79 Å². The highest BCUT2D eigenvalue weighted by atomic mass is 16.5. The molecule has 7 heteroatoms. The third-order valence-electron chi connectivity index (χ3n) is 5.55. The minimum atomic E-state index is -0.798. The van der Waals surface area contributed by atoms with Gasteiger partial charge in [0.15, 0.2) is 5.78 Å². The van der Waals surface area contributed by atoms with Crippen molar-refractivity contribution in [3.8, 4) is 11.5 Å². The number of phenols is 1. The fourth-order valence-corrected chi connectivity index (χ4v) is 3.79. The van der Waals surface area contributed by atoms with Crippen LogP contribution in [0.15, 0.2) is 82.0 Å². The summed E-state index contributed by atoms with van der Waals surface area (Å²) in [5.74, 6) is 0.293. The number of Topliss-reactive ketones (excluding diaryl/α,β-unsaturated/α-hetero) is 1.